The monoisotopic (exact) mass is 213 g/mol. The van der Waals surface area contributed by atoms with Gasteiger partial charge in [-0.15, -0.1) is 0 Å². The zero-order chi connectivity index (χ0) is 5.70. The Labute approximate surface area is 59.0 Å². The maximum atomic E-state index is 3.11. The van der Waals surface area contributed by atoms with E-state index in [2.05, 4.69) is 34.8 Å². The van der Waals surface area contributed by atoms with Gasteiger partial charge in [-0.1, -0.05) is 29.5 Å². The highest BCUT2D eigenvalue weighted by atomic mass is 127. The summed E-state index contributed by atoms with van der Waals surface area (Å²) < 4.78 is 1.25. The average molecular weight is 213 g/mol. The molecule has 44 valence electrons. The highest BCUT2D eigenvalue weighted by Crippen LogP contribution is 1.96. The third-order valence-corrected chi connectivity index (χ3v) is 2.32. The van der Waals surface area contributed by atoms with Crippen molar-refractivity contribution in [3.63, 3.8) is 0 Å². The summed E-state index contributed by atoms with van der Waals surface area (Å²) >= 11 is 2.40. The molecule has 0 aromatic carbocycles. The van der Waals surface area contributed by atoms with Crippen LogP contribution in [0.15, 0.2) is 0 Å². The first-order valence-electron chi connectivity index (χ1n) is 2.51. The average Bonchev–Trinajstić information content (AvgIpc) is 1.68. The van der Waals surface area contributed by atoms with Gasteiger partial charge >= 0.3 is 0 Å². The third kappa shape index (κ3) is 4.55. The number of hydrogen-bond acceptors (Lipinski definition) is 1. The summed E-state index contributed by atoms with van der Waals surface area (Å²) in [6.07, 6.45) is 0. The fourth-order valence-electron chi connectivity index (χ4n) is 0.403. The SMILES string of the molecule is CNCC(C)CI. The summed E-state index contributed by atoms with van der Waals surface area (Å²) in [6.45, 7) is 3.38. The molecule has 0 spiro atoms. The van der Waals surface area contributed by atoms with Gasteiger partial charge in [-0.3, -0.25) is 0 Å². The lowest BCUT2D eigenvalue weighted by atomic mass is 10.2. The van der Waals surface area contributed by atoms with Crippen LogP contribution < -0.4 is 5.32 Å². The van der Waals surface area contributed by atoms with Crippen LogP contribution in [-0.2, 0) is 0 Å². The summed E-state index contributed by atoms with van der Waals surface area (Å²) in [6, 6.07) is 0. The molecular weight excluding hydrogens is 201 g/mol. The van der Waals surface area contributed by atoms with Crippen molar-refractivity contribution >= 4 is 22.6 Å². The van der Waals surface area contributed by atoms with Crippen molar-refractivity contribution in [2.24, 2.45) is 5.92 Å². The van der Waals surface area contributed by atoms with Crippen molar-refractivity contribution in [1.29, 1.82) is 0 Å². The molecule has 0 aliphatic rings. The zero-order valence-corrected chi connectivity index (χ0v) is 7.03. The van der Waals surface area contributed by atoms with Crippen LogP contribution in [-0.4, -0.2) is 18.0 Å². The summed E-state index contributed by atoms with van der Waals surface area (Å²) in [7, 11) is 1.99. The zero-order valence-electron chi connectivity index (χ0n) is 4.87. The Morgan fingerprint density at radius 1 is 1.71 bits per heavy atom. The molecule has 0 heterocycles. The third-order valence-electron chi connectivity index (χ3n) is 0.816. The number of nitrogens with one attached hydrogen (secondary N) is 1. The lowest BCUT2D eigenvalue weighted by Crippen LogP contribution is -2.16. The molecule has 0 aliphatic carbocycles. The van der Waals surface area contributed by atoms with E-state index in [1.54, 1.807) is 0 Å². The highest BCUT2D eigenvalue weighted by Gasteiger charge is 1.93. The normalized spacial score (nSPS) is 14.1. The van der Waals surface area contributed by atoms with Crippen LogP contribution in [0, 0.1) is 5.92 Å². The number of alkyl halides is 1. The van der Waals surface area contributed by atoms with E-state index >= 15 is 0 Å². The lowest BCUT2D eigenvalue weighted by molar-refractivity contribution is 0.611. The minimum atomic E-state index is 0.825. The first-order chi connectivity index (χ1) is 3.31. The molecule has 0 saturated heterocycles. The Morgan fingerprint density at radius 2 is 2.29 bits per heavy atom. The largest absolute Gasteiger partial charge is 0.319 e. The molecule has 7 heavy (non-hydrogen) atoms. The first kappa shape index (κ1) is 7.69. The van der Waals surface area contributed by atoms with Gasteiger partial charge in [0, 0.05) is 4.43 Å². The van der Waals surface area contributed by atoms with Crippen LogP contribution in [0.4, 0.5) is 0 Å². The van der Waals surface area contributed by atoms with Gasteiger partial charge in [0.25, 0.3) is 0 Å². The molecule has 0 aliphatic heterocycles. The Kier molecular flexibility index (Phi) is 5.32. The van der Waals surface area contributed by atoms with Crippen molar-refractivity contribution in [3.05, 3.63) is 0 Å². The van der Waals surface area contributed by atoms with Gasteiger partial charge in [0.05, 0.1) is 0 Å². The predicted octanol–water partition coefficient (Wildman–Crippen LogP) is 1.28. The molecule has 1 nitrogen and oxygen atoms in total. The van der Waals surface area contributed by atoms with Crippen LogP contribution in [0.5, 0.6) is 0 Å². The van der Waals surface area contributed by atoms with Gasteiger partial charge in [0.15, 0.2) is 0 Å². The first-order valence-corrected chi connectivity index (χ1v) is 4.04. The maximum absolute atomic E-state index is 3.11. The Bertz CT molecular complexity index is 39.1. The minimum absolute atomic E-state index is 0.825. The second kappa shape index (κ2) is 4.84. The standard InChI is InChI=1S/C5H12IN/c1-5(3-6)4-7-2/h5,7H,3-4H2,1-2H3. The fourth-order valence-corrected chi connectivity index (χ4v) is 0.714. The Morgan fingerprint density at radius 3 is 2.43 bits per heavy atom. The van der Waals surface area contributed by atoms with Crippen molar-refractivity contribution in [2.75, 3.05) is 18.0 Å². The second-order valence-corrected chi connectivity index (χ2v) is 2.70. The van der Waals surface area contributed by atoms with Crippen molar-refractivity contribution in [2.45, 2.75) is 6.92 Å². The van der Waals surface area contributed by atoms with Crippen LogP contribution >= 0.6 is 22.6 Å². The summed E-state index contributed by atoms with van der Waals surface area (Å²) in [5.74, 6) is 0.825. The second-order valence-electron chi connectivity index (χ2n) is 1.82. The fraction of sp³-hybridized carbons (Fsp3) is 1.00. The molecule has 1 N–H and O–H groups in total. The summed E-state index contributed by atoms with van der Waals surface area (Å²) in [5.41, 5.74) is 0. The molecule has 0 bridgehead atoms. The molecule has 1 atom stereocenters. The van der Waals surface area contributed by atoms with Gasteiger partial charge < -0.3 is 5.32 Å². The van der Waals surface area contributed by atoms with Gasteiger partial charge in [-0.2, -0.15) is 0 Å². The van der Waals surface area contributed by atoms with E-state index in [1.165, 1.54) is 4.43 Å². The lowest BCUT2D eigenvalue weighted by Gasteiger charge is -2.03. The Hall–Kier alpha value is 0.690. The smallest absolute Gasteiger partial charge is 0.00331 e. The number of rotatable bonds is 3. The molecular formula is C5H12IN. The van der Waals surface area contributed by atoms with E-state index in [9.17, 15) is 0 Å². The van der Waals surface area contributed by atoms with Crippen molar-refractivity contribution < 1.29 is 0 Å². The number of halogens is 1. The molecule has 0 rings (SSSR count). The molecule has 1 unspecified atom stereocenters. The van der Waals surface area contributed by atoms with Crippen LogP contribution in [0.1, 0.15) is 6.92 Å². The summed E-state index contributed by atoms with van der Waals surface area (Å²) in [4.78, 5) is 0. The molecule has 0 radical (unpaired) electrons. The van der Waals surface area contributed by atoms with E-state index in [0.717, 1.165) is 12.5 Å². The van der Waals surface area contributed by atoms with E-state index in [0.29, 0.717) is 0 Å². The van der Waals surface area contributed by atoms with E-state index in [-0.39, 0.29) is 0 Å². The summed E-state index contributed by atoms with van der Waals surface area (Å²) in [5, 5.41) is 3.11. The number of hydrogen-bond donors (Lipinski definition) is 1. The van der Waals surface area contributed by atoms with Gasteiger partial charge in [0.1, 0.15) is 0 Å². The quantitative estimate of drug-likeness (QED) is 0.550. The predicted molar refractivity (Wildman–Crippen MR) is 42.0 cm³/mol. The van der Waals surface area contributed by atoms with Crippen molar-refractivity contribution in [1.82, 2.24) is 5.32 Å². The molecule has 0 aromatic rings. The Balaban J connectivity index is 2.83. The van der Waals surface area contributed by atoms with Gasteiger partial charge in [-0.05, 0) is 19.5 Å². The van der Waals surface area contributed by atoms with Crippen LogP contribution in [0.2, 0.25) is 0 Å². The molecule has 0 amide bonds. The van der Waals surface area contributed by atoms with Crippen molar-refractivity contribution in [3.8, 4) is 0 Å². The molecule has 0 saturated carbocycles. The maximum Gasteiger partial charge on any atom is 0.00331 e. The topological polar surface area (TPSA) is 12.0 Å². The molecule has 0 aromatic heterocycles. The van der Waals surface area contributed by atoms with Crippen LogP contribution in [0.3, 0.4) is 0 Å². The van der Waals surface area contributed by atoms with Gasteiger partial charge in [0.2, 0.25) is 0 Å². The van der Waals surface area contributed by atoms with E-state index in [1.807, 2.05) is 7.05 Å². The van der Waals surface area contributed by atoms with E-state index in [4.69, 9.17) is 0 Å². The molecule has 0 fully saturated rings. The van der Waals surface area contributed by atoms with E-state index < -0.39 is 0 Å². The highest BCUT2D eigenvalue weighted by molar-refractivity contribution is 14.1. The van der Waals surface area contributed by atoms with Crippen LogP contribution in [0.25, 0.3) is 0 Å². The molecule has 2 heteroatoms. The van der Waals surface area contributed by atoms with Gasteiger partial charge in [-0.25, -0.2) is 0 Å². The minimum Gasteiger partial charge on any atom is -0.319 e.